The first-order valence-electron chi connectivity index (χ1n) is 6.25. The molecule has 0 aliphatic heterocycles. The first-order chi connectivity index (χ1) is 9.80. The zero-order valence-corrected chi connectivity index (χ0v) is 13.1. The maximum absolute atomic E-state index is 11.9. The zero-order valence-electron chi connectivity index (χ0n) is 12.2. The average molecular weight is 308 g/mol. The van der Waals surface area contributed by atoms with E-state index in [1.165, 1.54) is 18.4 Å². The number of hydrogen-bond donors (Lipinski definition) is 0. The Morgan fingerprint density at radius 2 is 2.00 bits per heavy atom. The van der Waals surface area contributed by atoms with Crippen LogP contribution in [0.3, 0.4) is 0 Å². The molecule has 0 aliphatic carbocycles. The molecule has 2 aromatic heterocycles. The van der Waals surface area contributed by atoms with Gasteiger partial charge in [0, 0.05) is 11.8 Å². The van der Waals surface area contributed by atoms with E-state index in [2.05, 4.69) is 9.84 Å². The molecule has 0 atom stereocenters. The van der Waals surface area contributed by atoms with Crippen molar-refractivity contribution in [1.82, 2.24) is 9.78 Å². The summed E-state index contributed by atoms with van der Waals surface area (Å²) in [6, 6.07) is 1.70. The largest absolute Gasteiger partial charge is 0.465 e. The fourth-order valence-electron chi connectivity index (χ4n) is 1.58. The second-order valence-corrected chi connectivity index (χ2v) is 6.26. The lowest BCUT2D eigenvalue weighted by atomic mass is 10.2. The van der Waals surface area contributed by atoms with Crippen molar-refractivity contribution in [3.63, 3.8) is 0 Å². The third kappa shape index (κ3) is 3.69. The number of thiophene rings is 1. The second-order valence-electron chi connectivity index (χ2n) is 5.35. The molecule has 0 saturated carbocycles. The van der Waals surface area contributed by atoms with Crippen molar-refractivity contribution in [3.05, 3.63) is 28.7 Å². The van der Waals surface area contributed by atoms with E-state index in [9.17, 15) is 9.59 Å². The van der Waals surface area contributed by atoms with Crippen LogP contribution in [0.4, 0.5) is 4.79 Å². The Labute approximate surface area is 126 Å². The molecule has 6 nitrogen and oxygen atoms in total. The van der Waals surface area contributed by atoms with Crippen molar-refractivity contribution in [2.24, 2.45) is 0 Å². The van der Waals surface area contributed by atoms with Crippen LogP contribution in [0.2, 0.25) is 0 Å². The van der Waals surface area contributed by atoms with E-state index >= 15 is 0 Å². The highest BCUT2D eigenvalue weighted by atomic mass is 32.1. The fourth-order valence-corrected chi connectivity index (χ4v) is 2.41. The summed E-state index contributed by atoms with van der Waals surface area (Å²) in [5, 5.41) is 5.79. The van der Waals surface area contributed by atoms with Crippen LogP contribution in [0, 0.1) is 0 Å². The normalized spacial score (nSPS) is 11.2. The molecule has 7 heteroatoms. The molecule has 2 heterocycles. The first kappa shape index (κ1) is 15.2. The quantitative estimate of drug-likeness (QED) is 0.797. The minimum atomic E-state index is -0.580. The Morgan fingerprint density at radius 1 is 1.29 bits per heavy atom. The summed E-state index contributed by atoms with van der Waals surface area (Å²) in [6.45, 7) is 5.37. The van der Waals surface area contributed by atoms with Crippen LogP contribution < -0.4 is 0 Å². The summed E-state index contributed by atoms with van der Waals surface area (Å²) in [5.74, 6) is -0.384. The van der Waals surface area contributed by atoms with Crippen LogP contribution in [0.5, 0.6) is 0 Å². The summed E-state index contributed by atoms with van der Waals surface area (Å²) >= 11 is 1.28. The number of ether oxygens (including phenoxy) is 2. The summed E-state index contributed by atoms with van der Waals surface area (Å²) in [6.07, 6.45) is 2.57. The lowest BCUT2D eigenvalue weighted by Crippen LogP contribution is -2.27. The molecule has 0 radical (unpaired) electrons. The summed E-state index contributed by atoms with van der Waals surface area (Å²) in [4.78, 5) is 23.8. The molecule has 0 unspecified atom stereocenters. The lowest BCUT2D eigenvalue weighted by Gasteiger charge is -2.18. The molecule has 2 rings (SSSR count). The summed E-state index contributed by atoms with van der Waals surface area (Å²) in [7, 11) is 1.34. The summed E-state index contributed by atoms with van der Waals surface area (Å²) < 4.78 is 11.0. The Hall–Kier alpha value is -2.15. The number of carbonyl (C=O) groups excluding carboxylic acids is 2. The number of hydrogen-bond acceptors (Lipinski definition) is 6. The Kier molecular flexibility index (Phi) is 4.13. The van der Waals surface area contributed by atoms with Gasteiger partial charge in [-0.3, -0.25) is 0 Å². The highest BCUT2D eigenvalue weighted by Gasteiger charge is 2.19. The number of nitrogens with zero attached hydrogens (tertiary/aromatic N) is 2. The lowest BCUT2D eigenvalue weighted by molar-refractivity contribution is 0.0513. The SMILES string of the molecule is COC(=O)c1cc(-c2cnn(C(=O)OC(C)(C)C)c2)cs1. The van der Waals surface area contributed by atoms with E-state index in [4.69, 9.17) is 4.74 Å². The van der Waals surface area contributed by atoms with Gasteiger partial charge in [-0.25, -0.2) is 9.59 Å². The number of rotatable bonds is 2. The molecule has 0 amide bonds. The molecule has 0 spiro atoms. The zero-order chi connectivity index (χ0) is 15.6. The number of carbonyl (C=O) groups is 2. The van der Waals surface area contributed by atoms with Crippen LogP contribution in [-0.2, 0) is 9.47 Å². The van der Waals surface area contributed by atoms with Gasteiger partial charge in [0.2, 0.25) is 0 Å². The maximum atomic E-state index is 11.9. The molecular formula is C14H16N2O4S. The molecule has 2 aromatic rings. The van der Waals surface area contributed by atoms with E-state index in [1.807, 2.05) is 5.38 Å². The molecule has 0 aromatic carbocycles. The number of aromatic nitrogens is 2. The highest BCUT2D eigenvalue weighted by Crippen LogP contribution is 2.25. The standard InChI is InChI=1S/C14H16N2O4S/c1-14(2,3)20-13(18)16-7-10(6-15-16)9-5-11(21-8-9)12(17)19-4/h5-8H,1-4H3. The van der Waals surface area contributed by atoms with Gasteiger partial charge in [-0.05, 0) is 37.8 Å². The second kappa shape index (κ2) is 5.69. The molecule has 0 N–H and O–H groups in total. The van der Waals surface area contributed by atoms with Crippen LogP contribution in [-0.4, -0.2) is 34.6 Å². The third-order valence-corrected chi connectivity index (χ3v) is 3.39. The first-order valence-corrected chi connectivity index (χ1v) is 7.13. The molecule has 0 saturated heterocycles. The smallest absolute Gasteiger partial charge is 0.435 e. The van der Waals surface area contributed by atoms with Crippen molar-refractivity contribution in [2.75, 3.05) is 7.11 Å². The van der Waals surface area contributed by atoms with Crippen molar-refractivity contribution in [2.45, 2.75) is 26.4 Å². The van der Waals surface area contributed by atoms with Crippen LogP contribution >= 0.6 is 11.3 Å². The fraction of sp³-hybridized carbons (Fsp3) is 0.357. The van der Waals surface area contributed by atoms with Gasteiger partial charge in [0.1, 0.15) is 10.5 Å². The molecule has 112 valence electrons. The van der Waals surface area contributed by atoms with Crippen LogP contribution in [0.1, 0.15) is 30.4 Å². The van der Waals surface area contributed by atoms with E-state index in [-0.39, 0.29) is 5.97 Å². The minimum absolute atomic E-state index is 0.384. The number of esters is 1. The molecular weight excluding hydrogens is 292 g/mol. The average Bonchev–Trinajstić information content (AvgIpc) is 3.04. The topological polar surface area (TPSA) is 70.4 Å². The van der Waals surface area contributed by atoms with Gasteiger partial charge >= 0.3 is 12.1 Å². The van der Waals surface area contributed by atoms with E-state index in [0.29, 0.717) is 4.88 Å². The van der Waals surface area contributed by atoms with Crippen molar-refractivity contribution >= 4 is 23.4 Å². The summed E-state index contributed by atoms with van der Waals surface area (Å²) in [5.41, 5.74) is 0.950. The third-order valence-electron chi connectivity index (χ3n) is 2.48. The molecule has 21 heavy (non-hydrogen) atoms. The van der Waals surface area contributed by atoms with Crippen molar-refractivity contribution in [1.29, 1.82) is 0 Å². The molecule has 0 bridgehead atoms. The Balaban J connectivity index is 2.18. The Bertz CT molecular complexity index is 667. The molecule has 0 aliphatic rings. The van der Waals surface area contributed by atoms with E-state index < -0.39 is 11.7 Å². The van der Waals surface area contributed by atoms with Gasteiger partial charge in [-0.2, -0.15) is 9.78 Å². The monoisotopic (exact) mass is 308 g/mol. The predicted octanol–water partition coefficient (Wildman–Crippen LogP) is 3.18. The van der Waals surface area contributed by atoms with Gasteiger partial charge in [0.15, 0.2) is 0 Å². The van der Waals surface area contributed by atoms with Gasteiger partial charge in [0.25, 0.3) is 0 Å². The van der Waals surface area contributed by atoms with Gasteiger partial charge in [0.05, 0.1) is 13.3 Å². The minimum Gasteiger partial charge on any atom is -0.465 e. The number of methoxy groups -OCH3 is 1. The Morgan fingerprint density at radius 3 is 2.62 bits per heavy atom. The van der Waals surface area contributed by atoms with Gasteiger partial charge < -0.3 is 9.47 Å². The van der Waals surface area contributed by atoms with Gasteiger partial charge in [-0.15, -0.1) is 11.3 Å². The maximum Gasteiger partial charge on any atom is 0.435 e. The van der Waals surface area contributed by atoms with Crippen molar-refractivity contribution < 1.29 is 19.1 Å². The van der Waals surface area contributed by atoms with Crippen molar-refractivity contribution in [3.8, 4) is 11.1 Å². The highest BCUT2D eigenvalue weighted by molar-refractivity contribution is 7.12. The van der Waals surface area contributed by atoms with Crippen LogP contribution in [0.15, 0.2) is 23.8 Å². The van der Waals surface area contributed by atoms with Crippen LogP contribution in [0.25, 0.3) is 11.1 Å². The van der Waals surface area contributed by atoms with Gasteiger partial charge in [-0.1, -0.05) is 0 Å². The van der Waals surface area contributed by atoms with E-state index in [1.54, 1.807) is 39.2 Å². The predicted molar refractivity (Wildman–Crippen MR) is 78.5 cm³/mol. The molecule has 0 fully saturated rings. The van der Waals surface area contributed by atoms with E-state index in [0.717, 1.165) is 15.8 Å².